The fourth-order valence-electron chi connectivity index (χ4n) is 9.99. The van der Waals surface area contributed by atoms with Gasteiger partial charge in [-0.05, 0) is 12.8 Å². The third-order valence-electron chi connectivity index (χ3n) is 14.7. The first-order valence-corrected chi connectivity index (χ1v) is 24.3. The fourth-order valence-corrected chi connectivity index (χ4v) is 9.99. The van der Waals surface area contributed by atoms with E-state index < -0.39 is 248 Å². The van der Waals surface area contributed by atoms with Gasteiger partial charge < -0.3 is 155 Å². The summed E-state index contributed by atoms with van der Waals surface area (Å²) in [4.78, 5) is 0. The summed E-state index contributed by atoms with van der Waals surface area (Å²) in [6.45, 7) is -5.15. The van der Waals surface area contributed by atoms with Gasteiger partial charge in [0.05, 0.1) is 70.7 Å². The summed E-state index contributed by atoms with van der Waals surface area (Å²) in [5, 5.41) is 221. The Balaban J connectivity index is 1.17. The predicted octanol–water partition coefficient (Wildman–Crippen LogP) is -12.8. The summed E-state index contributed by atoms with van der Waals surface area (Å²) < 4.78 is 57.4. The molecule has 0 aromatic carbocycles. The van der Waals surface area contributed by atoms with Crippen LogP contribution in [0.1, 0.15) is 19.8 Å². The first-order chi connectivity index (χ1) is 35.0. The van der Waals surface area contributed by atoms with Crippen molar-refractivity contribution in [1.29, 1.82) is 0 Å². The van der Waals surface area contributed by atoms with Crippen LogP contribution < -0.4 is 0 Å². The third kappa shape index (κ3) is 13.3. The van der Waals surface area contributed by atoms with E-state index in [9.17, 15) is 107 Å². The molecule has 0 aromatic heterocycles. The van der Waals surface area contributed by atoms with Crippen LogP contribution in [0.4, 0.5) is 0 Å². The molecule has 6 fully saturated rings. The molecule has 31 nitrogen and oxygen atoms in total. The maximum Gasteiger partial charge on any atom is 0.187 e. The zero-order chi connectivity index (χ0) is 54.7. The van der Waals surface area contributed by atoms with Gasteiger partial charge in [0, 0.05) is 30.5 Å². The van der Waals surface area contributed by atoms with E-state index in [1.165, 1.54) is 6.92 Å². The lowest BCUT2D eigenvalue weighted by molar-refractivity contribution is -0.365. The van der Waals surface area contributed by atoms with Crippen molar-refractivity contribution in [3.05, 3.63) is 0 Å². The molecule has 12 unspecified atom stereocenters. The molecule has 6 aliphatic rings. The summed E-state index contributed by atoms with van der Waals surface area (Å²) in [7, 11) is 0. The van der Waals surface area contributed by atoms with Crippen molar-refractivity contribution in [3.63, 3.8) is 0 Å². The van der Waals surface area contributed by atoms with Crippen LogP contribution in [-0.4, -0.2) is 338 Å². The van der Waals surface area contributed by atoms with Crippen LogP contribution in [-0.2, 0) is 47.4 Å². The highest BCUT2D eigenvalue weighted by Gasteiger charge is 2.55. The van der Waals surface area contributed by atoms with Crippen molar-refractivity contribution < 1.29 is 155 Å². The van der Waals surface area contributed by atoms with Gasteiger partial charge in [-0.2, -0.15) is 0 Å². The highest BCUT2D eigenvalue weighted by atomic mass is 16.8. The molecule has 2 aliphatic carbocycles. The molecule has 0 radical (unpaired) electrons. The van der Waals surface area contributed by atoms with Gasteiger partial charge in [-0.3, -0.25) is 0 Å². The van der Waals surface area contributed by atoms with E-state index in [0.29, 0.717) is 0 Å². The van der Waals surface area contributed by atoms with Crippen molar-refractivity contribution in [2.45, 2.75) is 191 Å². The van der Waals surface area contributed by atoms with Gasteiger partial charge in [0.1, 0.15) is 122 Å². The van der Waals surface area contributed by atoms with E-state index in [1.54, 1.807) is 0 Å². The Morgan fingerprint density at radius 1 is 0.324 bits per heavy atom. The smallest absolute Gasteiger partial charge is 0.187 e. The summed E-state index contributed by atoms with van der Waals surface area (Å²) in [5.74, 6) is -1.94. The summed E-state index contributed by atoms with van der Waals surface area (Å²) in [6, 6.07) is 0. The van der Waals surface area contributed by atoms with Gasteiger partial charge in [0.2, 0.25) is 0 Å². The van der Waals surface area contributed by atoms with Crippen LogP contribution in [0.25, 0.3) is 0 Å². The van der Waals surface area contributed by atoms with Crippen LogP contribution in [0.15, 0.2) is 0 Å². The van der Waals surface area contributed by atoms with Gasteiger partial charge >= 0.3 is 0 Å². The minimum absolute atomic E-state index is 0.172. The lowest BCUT2D eigenvalue weighted by Gasteiger charge is -2.47. The SMILES string of the molecule is CC(CO[C@@H]1OC(CO)[C@@H](O[C@@H]2OC(CO)[C@H](O)[C@H](O)C2O)[C@H](O)C1O)(CO[C@@H]1OC(CO)[C@@H](O[C@@H]2OC(CO)[C@H](O)[C@H](O)C2O)[C@H](O)C1O)CO[C@@H]1CC(CO)[C@@H](O[C@@H]2CC(CO)[C@H](O)[C@H](O)C2O)[C@H](O)C1O. The minimum Gasteiger partial charge on any atom is -0.396 e. The Bertz CT molecular complexity index is 1480. The van der Waals surface area contributed by atoms with Crippen LogP contribution >= 0.6 is 0 Å². The summed E-state index contributed by atoms with van der Waals surface area (Å²) in [6.07, 6.45) is -48.9. The van der Waals surface area contributed by atoms with E-state index in [0.717, 1.165) is 0 Å². The second kappa shape index (κ2) is 26.8. The van der Waals surface area contributed by atoms with Gasteiger partial charge in [0.15, 0.2) is 25.2 Å². The van der Waals surface area contributed by atoms with Crippen molar-refractivity contribution in [1.82, 2.24) is 0 Å². The second-order valence-electron chi connectivity index (χ2n) is 20.2. The molecule has 2 saturated carbocycles. The van der Waals surface area contributed by atoms with Crippen molar-refractivity contribution >= 4 is 0 Å². The Morgan fingerprint density at radius 2 is 0.676 bits per heavy atom. The molecular weight excluding hydrogens is 1010 g/mol. The average molecular weight is 1090 g/mol. The maximum atomic E-state index is 11.4. The molecule has 0 amide bonds. The number of aliphatic hydroxyl groups is 21. The molecular formula is C43H76O31. The zero-order valence-corrected chi connectivity index (χ0v) is 40.1. The predicted molar refractivity (Wildman–Crippen MR) is 232 cm³/mol. The Hall–Kier alpha value is -1.24. The minimum atomic E-state index is -2.03. The molecule has 0 aromatic rings. The zero-order valence-electron chi connectivity index (χ0n) is 40.1. The van der Waals surface area contributed by atoms with E-state index >= 15 is 0 Å². The van der Waals surface area contributed by atoms with Crippen LogP contribution in [0.5, 0.6) is 0 Å². The molecule has 30 atom stereocenters. The molecule has 4 aliphatic heterocycles. The quantitative estimate of drug-likeness (QED) is 0.0507. The first-order valence-electron chi connectivity index (χ1n) is 24.3. The lowest BCUT2D eigenvalue weighted by atomic mass is 9.78. The van der Waals surface area contributed by atoms with Crippen molar-refractivity contribution in [2.75, 3.05) is 59.5 Å². The van der Waals surface area contributed by atoms with Gasteiger partial charge in [0.25, 0.3) is 0 Å². The van der Waals surface area contributed by atoms with Crippen molar-refractivity contribution in [2.24, 2.45) is 17.3 Å². The standard InChI is InChI=1S/C43H76O31/c1-43(10-65-15-3-14(5-45)36(29(58)22(15)51)68-16-2-13(4-44)21(50)26(55)23(16)52,11-66-39-34(63)30(59)37(19(8-48)71-39)73-41-32(61)27(56)24(53)17(6-46)69-41)12-67-40-35(64)31(60)38(20(9-49)72-40)74-42-33(62)28(57)25(54)18(7-47)70-42/h13-42,44-64H,2-12H2,1H3/t13?,14?,15-,16-,17?,18?,19?,20?,21+,22?,23?,24+,25+,26+,27+,28+,29-,30-,31-,32?,33?,34?,35?,36-,37-,38-,39-,40-,41+,42+,43?/m1/s1. The Kier molecular flexibility index (Phi) is 22.5. The van der Waals surface area contributed by atoms with Crippen molar-refractivity contribution in [3.8, 4) is 0 Å². The Morgan fingerprint density at radius 3 is 1.09 bits per heavy atom. The van der Waals surface area contributed by atoms with E-state index in [-0.39, 0.29) is 12.8 Å². The van der Waals surface area contributed by atoms with Crippen LogP contribution in [0.2, 0.25) is 0 Å². The molecule has 74 heavy (non-hydrogen) atoms. The number of hydrogen-bond acceptors (Lipinski definition) is 31. The second-order valence-corrected chi connectivity index (χ2v) is 20.2. The molecule has 4 heterocycles. The Labute approximate surface area is 422 Å². The first kappa shape index (κ1) is 62.0. The summed E-state index contributed by atoms with van der Waals surface area (Å²) in [5.41, 5.74) is -1.59. The molecule has 6 rings (SSSR count). The fraction of sp³-hybridized carbons (Fsp3) is 1.00. The molecule has 434 valence electrons. The van der Waals surface area contributed by atoms with Crippen LogP contribution in [0.3, 0.4) is 0 Å². The molecule has 0 bridgehead atoms. The molecule has 31 heteroatoms. The van der Waals surface area contributed by atoms with E-state index in [2.05, 4.69) is 0 Å². The number of rotatable bonds is 21. The van der Waals surface area contributed by atoms with Crippen LogP contribution in [0, 0.1) is 17.3 Å². The van der Waals surface area contributed by atoms with Gasteiger partial charge in [-0.15, -0.1) is 0 Å². The van der Waals surface area contributed by atoms with Gasteiger partial charge in [-0.25, -0.2) is 0 Å². The van der Waals surface area contributed by atoms with E-state index in [4.69, 9.17) is 47.4 Å². The van der Waals surface area contributed by atoms with E-state index in [1.807, 2.05) is 0 Å². The normalized spacial score (nSPS) is 50.4. The lowest BCUT2D eigenvalue weighted by Crippen LogP contribution is -2.65. The molecule has 4 saturated heterocycles. The van der Waals surface area contributed by atoms with Gasteiger partial charge in [-0.1, -0.05) is 6.92 Å². The highest BCUT2D eigenvalue weighted by Crippen LogP contribution is 2.38. The monoisotopic (exact) mass is 1090 g/mol. The number of aliphatic hydroxyl groups excluding tert-OH is 21. The average Bonchev–Trinajstić information content (AvgIpc) is 3.39. The molecule has 0 spiro atoms. The third-order valence-corrected chi connectivity index (χ3v) is 14.7. The highest BCUT2D eigenvalue weighted by molar-refractivity contribution is 5.00. The molecule has 21 N–H and O–H groups in total. The summed E-state index contributed by atoms with van der Waals surface area (Å²) >= 11 is 0. The maximum absolute atomic E-state index is 11.4. The topological polar surface area (TPSA) is 517 Å². The largest absolute Gasteiger partial charge is 0.396 e. The number of hydrogen-bond donors (Lipinski definition) is 21. The number of ether oxygens (including phenoxy) is 10.